The third kappa shape index (κ3) is 7.40. The molecule has 8 heteroatoms. The summed E-state index contributed by atoms with van der Waals surface area (Å²) in [7, 11) is 3.03. The largest absolute Gasteiger partial charge is 0.489 e. The van der Waals surface area contributed by atoms with Crippen LogP contribution < -0.4 is 9.47 Å². The number of methoxy groups -OCH3 is 2. The molecule has 0 aliphatic carbocycles. The van der Waals surface area contributed by atoms with Crippen molar-refractivity contribution in [2.45, 2.75) is 12.2 Å². The molecule has 0 aliphatic heterocycles. The van der Waals surface area contributed by atoms with Crippen LogP contribution in [0.15, 0.2) is 61.7 Å². The highest BCUT2D eigenvalue weighted by Crippen LogP contribution is 2.32. The van der Waals surface area contributed by atoms with E-state index in [2.05, 4.69) is 13.2 Å². The first-order valence-corrected chi connectivity index (χ1v) is 9.93. The Hall–Kier alpha value is -3.36. The van der Waals surface area contributed by atoms with E-state index in [1.54, 1.807) is 0 Å². The van der Waals surface area contributed by atoms with E-state index in [-0.39, 0.29) is 26.4 Å². The minimum absolute atomic E-state index is 0.102. The molecule has 0 fully saturated rings. The second-order valence-corrected chi connectivity index (χ2v) is 6.67. The summed E-state index contributed by atoms with van der Waals surface area (Å²) >= 11 is 0. The van der Waals surface area contributed by atoms with E-state index in [0.717, 1.165) is 22.9 Å². The van der Waals surface area contributed by atoms with Crippen molar-refractivity contribution >= 4 is 22.7 Å². The molecule has 0 aromatic heterocycles. The predicted octanol–water partition coefficient (Wildman–Crippen LogP) is 3.09. The van der Waals surface area contributed by atoms with Gasteiger partial charge in [0.25, 0.3) is 0 Å². The third-order valence-electron chi connectivity index (χ3n) is 4.30. The molecule has 0 N–H and O–H groups in total. The summed E-state index contributed by atoms with van der Waals surface area (Å²) in [6, 6.07) is 11.1. The van der Waals surface area contributed by atoms with E-state index in [1.165, 1.54) is 14.2 Å². The van der Waals surface area contributed by atoms with E-state index < -0.39 is 24.1 Å². The minimum atomic E-state index is -0.588. The van der Waals surface area contributed by atoms with Crippen molar-refractivity contribution in [2.75, 3.05) is 40.6 Å². The fourth-order valence-corrected chi connectivity index (χ4v) is 2.90. The summed E-state index contributed by atoms with van der Waals surface area (Å²) < 4.78 is 32.5. The van der Waals surface area contributed by atoms with Crippen LogP contribution in [-0.4, -0.2) is 64.8 Å². The van der Waals surface area contributed by atoms with Crippen LogP contribution in [0, 0.1) is 0 Å². The van der Waals surface area contributed by atoms with Gasteiger partial charge in [-0.15, -0.1) is 0 Å². The number of carbonyl (C=O) groups excluding carboxylic acids is 2. The Morgan fingerprint density at radius 3 is 1.50 bits per heavy atom. The fraction of sp³-hybridized carbons (Fsp3) is 0.333. The van der Waals surface area contributed by atoms with Crippen LogP contribution in [0.5, 0.6) is 11.5 Å². The molecule has 0 saturated carbocycles. The molecular formula is C24H28O8. The van der Waals surface area contributed by atoms with E-state index in [1.807, 2.05) is 36.4 Å². The van der Waals surface area contributed by atoms with Crippen LogP contribution in [0.4, 0.5) is 0 Å². The van der Waals surface area contributed by atoms with Crippen LogP contribution in [0.1, 0.15) is 0 Å². The first-order chi connectivity index (χ1) is 15.5. The number of ether oxygens (including phenoxy) is 6. The maximum Gasteiger partial charge on any atom is 0.330 e. The van der Waals surface area contributed by atoms with Gasteiger partial charge in [0.05, 0.1) is 13.2 Å². The lowest BCUT2D eigenvalue weighted by Gasteiger charge is -2.19. The lowest BCUT2D eigenvalue weighted by molar-refractivity contribution is -0.148. The molecule has 0 radical (unpaired) electrons. The molecule has 0 heterocycles. The summed E-state index contributed by atoms with van der Waals surface area (Å²) in [5.41, 5.74) is 0. The maximum atomic E-state index is 11.5. The molecule has 8 nitrogen and oxygen atoms in total. The zero-order valence-corrected chi connectivity index (χ0v) is 18.3. The summed E-state index contributed by atoms with van der Waals surface area (Å²) in [6.07, 6.45) is 1.00. The zero-order valence-electron chi connectivity index (χ0n) is 18.3. The molecular weight excluding hydrogens is 416 g/mol. The Labute approximate surface area is 187 Å². The maximum absolute atomic E-state index is 11.5. The predicted molar refractivity (Wildman–Crippen MR) is 119 cm³/mol. The first-order valence-electron chi connectivity index (χ1n) is 9.93. The Kier molecular flexibility index (Phi) is 10.2. The SMILES string of the molecule is C=CC(=O)OC(COC)COc1cccc2c(OCC(COC)OC(=O)C=C)cccc12. The van der Waals surface area contributed by atoms with Crippen LogP contribution in [0.2, 0.25) is 0 Å². The molecule has 0 amide bonds. The summed E-state index contributed by atoms with van der Waals surface area (Å²) in [6.45, 7) is 7.36. The normalized spacial score (nSPS) is 12.4. The van der Waals surface area contributed by atoms with Crippen molar-refractivity contribution in [1.29, 1.82) is 0 Å². The van der Waals surface area contributed by atoms with Crippen molar-refractivity contribution in [3.05, 3.63) is 61.7 Å². The van der Waals surface area contributed by atoms with Gasteiger partial charge < -0.3 is 28.4 Å². The van der Waals surface area contributed by atoms with Gasteiger partial charge in [-0.1, -0.05) is 37.4 Å². The van der Waals surface area contributed by atoms with Gasteiger partial charge >= 0.3 is 11.9 Å². The number of hydrogen-bond acceptors (Lipinski definition) is 8. The molecule has 2 aromatic rings. The van der Waals surface area contributed by atoms with E-state index in [9.17, 15) is 9.59 Å². The summed E-state index contributed by atoms with van der Waals surface area (Å²) in [4.78, 5) is 23.0. The summed E-state index contributed by atoms with van der Waals surface area (Å²) in [5, 5.41) is 1.62. The standard InChI is InChI=1S/C24H28O8/c1-5-23(25)31-17(13-27-3)15-29-21-11-7-10-20-19(21)9-8-12-22(20)30-16-18(14-28-4)32-24(26)6-2/h5-12,17-18H,1-2,13-16H2,3-4H3. The fourth-order valence-electron chi connectivity index (χ4n) is 2.90. The molecule has 0 aliphatic rings. The van der Waals surface area contributed by atoms with Gasteiger partial charge in [-0.3, -0.25) is 0 Å². The average Bonchev–Trinajstić information content (AvgIpc) is 2.80. The number of esters is 2. The molecule has 172 valence electrons. The number of hydrogen-bond donors (Lipinski definition) is 0. The highest BCUT2D eigenvalue weighted by Gasteiger charge is 2.17. The lowest BCUT2D eigenvalue weighted by atomic mass is 10.1. The number of rotatable bonds is 14. The quantitative estimate of drug-likeness (QED) is 0.324. The smallest absolute Gasteiger partial charge is 0.330 e. The number of benzene rings is 2. The van der Waals surface area contributed by atoms with Crippen molar-refractivity contribution in [3.63, 3.8) is 0 Å². The molecule has 32 heavy (non-hydrogen) atoms. The molecule has 2 rings (SSSR count). The van der Waals surface area contributed by atoms with Crippen LogP contribution in [0.3, 0.4) is 0 Å². The Morgan fingerprint density at radius 1 is 0.750 bits per heavy atom. The Balaban J connectivity index is 2.15. The van der Waals surface area contributed by atoms with E-state index in [0.29, 0.717) is 11.5 Å². The van der Waals surface area contributed by atoms with Gasteiger partial charge in [-0.05, 0) is 12.1 Å². The highest BCUT2D eigenvalue weighted by molar-refractivity contribution is 5.93. The van der Waals surface area contributed by atoms with Gasteiger partial charge in [0.2, 0.25) is 0 Å². The molecule has 0 spiro atoms. The number of carbonyl (C=O) groups is 2. The molecule has 0 saturated heterocycles. The molecule has 2 unspecified atom stereocenters. The Bertz CT molecular complexity index is 848. The first kappa shape index (κ1) is 24.9. The minimum Gasteiger partial charge on any atom is -0.489 e. The van der Waals surface area contributed by atoms with E-state index in [4.69, 9.17) is 28.4 Å². The van der Waals surface area contributed by atoms with Crippen molar-refractivity contribution in [3.8, 4) is 11.5 Å². The van der Waals surface area contributed by atoms with Crippen LogP contribution in [-0.2, 0) is 28.5 Å². The van der Waals surface area contributed by atoms with Gasteiger partial charge in [-0.2, -0.15) is 0 Å². The molecule has 0 bridgehead atoms. The van der Waals surface area contributed by atoms with Crippen molar-refractivity contribution in [2.24, 2.45) is 0 Å². The number of fused-ring (bicyclic) bond motifs is 1. The van der Waals surface area contributed by atoms with Crippen molar-refractivity contribution < 1.29 is 38.0 Å². The third-order valence-corrected chi connectivity index (χ3v) is 4.30. The second-order valence-electron chi connectivity index (χ2n) is 6.67. The monoisotopic (exact) mass is 444 g/mol. The average molecular weight is 444 g/mol. The summed E-state index contributed by atoms with van der Waals surface area (Å²) in [5.74, 6) is 0.0875. The lowest BCUT2D eigenvalue weighted by Crippen LogP contribution is -2.29. The highest BCUT2D eigenvalue weighted by atomic mass is 16.6. The van der Waals surface area contributed by atoms with Gasteiger partial charge in [-0.25, -0.2) is 9.59 Å². The second kappa shape index (κ2) is 13.1. The molecule has 2 atom stereocenters. The van der Waals surface area contributed by atoms with Gasteiger partial charge in [0, 0.05) is 37.1 Å². The topological polar surface area (TPSA) is 89.5 Å². The van der Waals surface area contributed by atoms with Crippen molar-refractivity contribution in [1.82, 2.24) is 0 Å². The Morgan fingerprint density at radius 2 is 1.16 bits per heavy atom. The van der Waals surface area contributed by atoms with Crippen LogP contribution in [0.25, 0.3) is 10.8 Å². The molecule has 2 aromatic carbocycles. The van der Waals surface area contributed by atoms with Crippen LogP contribution >= 0.6 is 0 Å². The zero-order chi connectivity index (χ0) is 23.3. The van der Waals surface area contributed by atoms with Gasteiger partial charge in [0.15, 0.2) is 12.2 Å². The van der Waals surface area contributed by atoms with Gasteiger partial charge in [0.1, 0.15) is 24.7 Å². The van der Waals surface area contributed by atoms with E-state index >= 15 is 0 Å².